The third kappa shape index (κ3) is 179. The van der Waals surface area contributed by atoms with Crippen molar-refractivity contribution in [2.45, 2.75) is 408 Å². The van der Waals surface area contributed by atoms with E-state index in [4.69, 9.17) is 0 Å². The van der Waals surface area contributed by atoms with Crippen molar-refractivity contribution >= 4 is 41.8 Å². The van der Waals surface area contributed by atoms with E-state index in [2.05, 4.69) is 48.5 Å². The molecule has 0 aliphatic rings. The molecule has 0 bridgehead atoms. The fourth-order valence-electron chi connectivity index (χ4n) is 8.59. The molecule has 0 aromatic rings. The number of hydrogen-bond acceptors (Lipinski definition) is 14. The molecule has 0 aliphatic heterocycles. The number of carbonyl (C=O) groups excluding carboxylic acids is 7. The second-order valence-corrected chi connectivity index (χ2v) is 22.7. The molecule has 0 aromatic heterocycles. The molecule has 0 atom stereocenters. The zero-order valence-electron chi connectivity index (χ0n) is 62.8. The van der Waals surface area contributed by atoms with Gasteiger partial charge in [0.2, 0.25) is 0 Å². The summed E-state index contributed by atoms with van der Waals surface area (Å²) in [5.74, 6) is -6.39. The minimum atomic E-state index is -0.913. The first-order valence-electron chi connectivity index (χ1n) is 34.8. The van der Waals surface area contributed by atoms with E-state index in [1.807, 2.05) is 0 Å². The Morgan fingerprint density at radius 1 is 0.143 bits per heavy atom. The van der Waals surface area contributed by atoms with Crippen molar-refractivity contribution in [1.82, 2.24) is 0 Å². The maximum absolute atomic E-state index is 10.0. The molecule has 21 heteroatoms. The van der Waals surface area contributed by atoms with Crippen LogP contribution < -0.4 is 395 Å². The van der Waals surface area contributed by atoms with E-state index in [1.165, 1.54) is 225 Å². The van der Waals surface area contributed by atoms with Crippen LogP contribution in [-0.2, 0) is 33.6 Å². The van der Waals surface area contributed by atoms with Crippen molar-refractivity contribution in [3.8, 4) is 0 Å². The van der Waals surface area contributed by atoms with E-state index in [9.17, 15) is 69.3 Å². The van der Waals surface area contributed by atoms with E-state index in [0.717, 1.165) is 89.9 Å². The normalized spacial score (nSPS) is 9.31. The van der Waals surface area contributed by atoms with Gasteiger partial charge in [-0.25, -0.2) is 0 Å². The fourth-order valence-corrected chi connectivity index (χ4v) is 8.59. The van der Waals surface area contributed by atoms with Crippen LogP contribution in [0.4, 0.5) is 0 Å². The van der Waals surface area contributed by atoms with Gasteiger partial charge in [-0.3, -0.25) is 0 Å². The molecule has 0 amide bonds. The topological polar surface area (TPSA) is 281 Å². The molecule has 0 aliphatic carbocycles. The largest absolute Gasteiger partial charge is 1.00 e. The summed E-state index contributed by atoms with van der Waals surface area (Å²) in [6.45, 7) is 15.3. The first kappa shape index (κ1) is 131. The van der Waals surface area contributed by atoms with E-state index >= 15 is 0 Å². The summed E-state index contributed by atoms with van der Waals surface area (Å²) in [7, 11) is 0. The molecule has 91 heavy (non-hydrogen) atoms. The summed E-state index contributed by atoms with van der Waals surface area (Å²) in [5, 5.41) is 70.2. The van der Waals surface area contributed by atoms with Crippen LogP contribution in [0.2, 0.25) is 0 Å². The first-order chi connectivity index (χ1) is 40.4. The molecule has 0 spiro atoms. The summed E-state index contributed by atoms with van der Waals surface area (Å²) in [4.78, 5) is 70.2. The van der Waals surface area contributed by atoms with Gasteiger partial charge in [-0.1, -0.05) is 318 Å². The van der Waals surface area contributed by atoms with Gasteiger partial charge in [0.1, 0.15) is 0 Å². The van der Waals surface area contributed by atoms with Crippen molar-refractivity contribution in [2.24, 2.45) is 0 Å². The number of carboxylic acid groups (broad SMARTS) is 7. The van der Waals surface area contributed by atoms with Crippen LogP contribution in [0.1, 0.15) is 408 Å². The molecule has 0 radical (unpaired) electrons. The second-order valence-electron chi connectivity index (χ2n) is 22.7. The minimum Gasteiger partial charge on any atom is -0.550 e. The van der Waals surface area contributed by atoms with E-state index < -0.39 is 41.8 Å². The van der Waals surface area contributed by atoms with Crippen molar-refractivity contribution in [3.05, 3.63) is 0 Å². The molecule has 0 aromatic carbocycles. The molecule has 0 rings (SSSR count). The van der Waals surface area contributed by atoms with Crippen LogP contribution >= 0.6 is 0 Å². The minimum absolute atomic E-state index is 0. The molecular formula is C70H133K7O14. The summed E-state index contributed by atoms with van der Waals surface area (Å²) in [6, 6.07) is 0. The Morgan fingerprint density at radius 3 is 0.275 bits per heavy atom. The van der Waals surface area contributed by atoms with Crippen LogP contribution in [0.15, 0.2) is 0 Å². The number of unbranched alkanes of at least 4 members (excludes halogenated alkanes) is 42. The zero-order valence-corrected chi connectivity index (χ0v) is 84.7. The Kier molecular flexibility index (Phi) is 184. The van der Waals surface area contributed by atoms with Gasteiger partial charge in [0.25, 0.3) is 0 Å². The summed E-state index contributed by atoms with van der Waals surface area (Å²) < 4.78 is 0. The first-order valence-corrected chi connectivity index (χ1v) is 34.8. The Labute approximate surface area is 859 Å². The van der Waals surface area contributed by atoms with Gasteiger partial charge in [0, 0.05) is 41.8 Å². The SMILES string of the molecule is CCCCCCCCCC(=O)[O-].CCCCCCCCCC(=O)[O-].CCCCCCCCCC(=O)[O-].CCCCCCCCCC(=O)[O-].CCCCCCCCCC(=O)[O-].CCCCCCCCCC(=O)[O-].CCCCCCCCCC(=O)[O-].[K+].[K+].[K+].[K+].[K+].[K+].[K+]. The molecule has 0 N–H and O–H groups in total. The third-order valence-corrected chi connectivity index (χ3v) is 13.9. The fraction of sp³-hybridized carbons (Fsp3) is 0.900. The maximum Gasteiger partial charge on any atom is 1.00 e. The zero-order chi connectivity index (χ0) is 64.6. The molecule has 0 heterocycles. The average molecular weight is 1470 g/mol. The van der Waals surface area contributed by atoms with Crippen LogP contribution in [0, 0.1) is 0 Å². The molecule has 504 valence electrons. The van der Waals surface area contributed by atoms with Gasteiger partial charge in [0.15, 0.2) is 0 Å². The predicted octanol–water partition coefficient (Wildman–Crippen LogP) is -7.83. The van der Waals surface area contributed by atoms with Crippen LogP contribution in [0.3, 0.4) is 0 Å². The van der Waals surface area contributed by atoms with Crippen molar-refractivity contribution in [1.29, 1.82) is 0 Å². The number of aliphatic carboxylic acids is 7. The third-order valence-electron chi connectivity index (χ3n) is 13.9. The van der Waals surface area contributed by atoms with Crippen LogP contribution in [0.25, 0.3) is 0 Å². The van der Waals surface area contributed by atoms with E-state index in [-0.39, 0.29) is 405 Å². The standard InChI is InChI=1S/7C10H20O2.7K/c7*1-2-3-4-5-6-7-8-9-10(11)12;;;;;;;/h7*2-9H2,1H3,(H,11,12);;;;;;;/q;;;;;;;7*+1/p-7. The van der Waals surface area contributed by atoms with Gasteiger partial charge < -0.3 is 69.3 Å². The quantitative estimate of drug-likeness (QED) is 0.0404. The number of hydrogen-bond donors (Lipinski definition) is 0. The van der Waals surface area contributed by atoms with Crippen molar-refractivity contribution in [3.63, 3.8) is 0 Å². The molecule has 0 saturated carbocycles. The molecule has 0 unspecified atom stereocenters. The summed E-state index contributed by atoms with van der Waals surface area (Å²) in [5.41, 5.74) is 0. The van der Waals surface area contributed by atoms with Crippen LogP contribution in [-0.4, -0.2) is 41.8 Å². The number of carboxylic acids is 7. The Hall–Kier alpha value is 7.74. The smallest absolute Gasteiger partial charge is 0.550 e. The van der Waals surface area contributed by atoms with Crippen molar-refractivity contribution < 1.29 is 429 Å². The van der Waals surface area contributed by atoms with E-state index in [0.29, 0.717) is 0 Å². The number of rotatable bonds is 56. The summed E-state index contributed by atoms with van der Waals surface area (Å²) in [6.07, 6.45) is 58.4. The summed E-state index contributed by atoms with van der Waals surface area (Å²) >= 11 is 0. The Balaban J connectivity index is -0.0000000625. The van der Waals surface area contributed by atoms with Gasteiger partial charge in [-0.2, -0.15) is 0 Å². The second kappa shape index (κ2) is 127. The Bertz CT molecular complexity index is 1080. The van der Waals surface area contributed by atoms with Gasteiger partial charge in [-0.15, -0.1) is 0 Å². The monoisotopic (exact) mass is 1470 g/mol. The van der Waals surface area contributed by atoms with Gasteiger partial charge >= 0.3 is 360 Å². The van der Waals surface area contributed by atoms with Crippen LogP contribution in [0.5, 0.6) is 0 Å². The molecule has 14 nitrogen and oxygen atoms in total. The maximum atomic E-state index is 10.0. The van der Waals surface area contributed by atoms with Crippen molar-refractivity contribution in [2.75, 3.05) is 0 Å². The number of carbonyl (C=O) groups is 7. The average Bonchev–Trinajstić information content (AvgIpc) is 3.44. The predicted molar refractivity (Wildman–Crippen MR) is 333 cm³/mol. The van der Waals surface area contributed by atoms with Gasteiger partial charge in [-0.05, 0) is 89.9 Å². The molecule has 0 saturated heterocycles. The van der Waals surface area contributed by atoms with Gasteiger partial charge in [0.05, 0.1) is 0 Å². The Morgan fingerprint density at radius 2 is 0.209 bits per heavy atom. The van der Waals surface area contributed by atoms with E-state index in [1.54, 1.807) is 0 Å². The molecular weight excluding hydrogens is 1340 g/mol. The molecule has 0 fully saturated rings.